The summed E-state index contributed by atoms with van der Waals surface area (Å²) in [6.07, 6.45) is 4.06. The van der Waals surface area contributed by atoms with Gasteiger partial charge in [-0.15, -0.1) is 0 Å². The molecule has 10 heteroatoms. The fourth-order valence-corrected chi connectivity index (χ4v) is 4.68. The minimum atomic E-state index is -0.506. The molecule has 0 spiro atoms. The number of imidazole rings is 2. The van der Waals surface area contributed by atoms with Gasteiger partial charge in [0.15, 0.2) is 21.5 Å². The van der Waals surface area contributed by atoms with E-state index >= 15 is 0 Å². The zero-order chi connectivity index (χ0) is 21.1. The summed E-state index contributed by atoms with van der Waals surface area (Å²) < 4.78 is 8.57. The monoisotopic (exact) mass is 434 g/mol. The van der Waals surface area contributed by atoms with Crippen molar-refractivity contribution >= 4 is 34.0 Å². The maximum atomic E-state index is 12.6. The van der Waals surface area contributed by atoms with Gasteiger partial charge >= 0.3 is 5.69 Å². The van der Waals surface area contributed by atoms with Crippen molar-refractivity contribution in [3.8, 4) is 0 Å². The first-order chi connectivity index (χ1) is 15.1. The number of aromatic nitrogens is 6. The van der Waals surface area contributed by atoms with Gasteiger partial charge in [0.05, 0.1) is 23.8 Å². The van der Waals surface area contributed by atoms with Crippen molar-refractivity contribution in [1.82, 2.24) is 29.1 Å². The first-order valence-corrected chi connectivity index (χ1v) is 10.8. The molecule has 6 rings (SSSR count). The number of furan rings is 1. The van der Waals surface area contributed by atoms with Gasteiger partial charge < -0.3 is 14.0 Å². The molecule has 2 N–H and O–H groups in total. The van der Waals surface area contributed by atoms with E-state index in [4.69, 9.17) is 4.42 Å². The van der Waals surface area contributed by atoms with Gasteiger partial charge in [-0.25, -0.2) is 14.8 Å². The summed E-state index contributed by atoms with van der Waals surface area (Å²) in [5.41, 5.74) is 2.83. The summed E-state index contributed by atoms with van der Waals surface area (Å²) in [4.78, 5) is 39.7. The molecule has 0 radical (unpaired) electrons. The lowest BCUT2D eigenvalue weighted by molar-refractivity contribution is 0.487. The highest BCUT2D eigenvalue weighted by Gasteiger charge is 2.24. The molecule has 1 aliphatic carbocycles. The highest BCUT2D eigenvalue weighted by atomic mass is 32.2. The highest BCUT2D eigenvalue weighted by Crippen LogP contribution is 2.41. The molecule has 0 atom stereocenters. The van der Waals surface area contributed by atoms with Crippen LogP contribution in [0.2, 0.25) is 0 Å². The number of nitrogens with one attached hydrogen (secondary N) is 2. The zero-order valence-corrected chi connectivity index (χ0v) is 17.4. The summed E-state index contributed by atoms with van der Waals surface area (Å²) in [6.45, 7) is 0.305. The van der Waals surface area contributed by atoms with Gasteiger partial charge in [0.1, 0.15) is 5.76 Å². The van der Waals surface area contributed by atoms with Gasteiger partial charge in [-0.1, -0.05) is 6.07 Å². The number of aromatic amines is 2. The Hall–Kier alpha value is -3.53. The lowest BCUT2D eigenvalue weighted by Crippen LogP contribution is -2.29. The smallest absolute Gasteiger partial charge is 0.329 e. The van der Waals surface area contributed by atoms with E-state index in [1.165, 1.54) is 34.7 Å². The molecular formula is C21H18N6O3S. The Morgan fingerprint density at radius 1 is 1.19 bits per heavy atom. The van der Waals surface area contributed by atoms with Crippen molar-refractivity contribution in [3.05, 3.63) is 68.8 Å². The maximum Gasteiger partial charge on any atom is 0.329 e. The van der Waals surface area contributed by atoms with Gasteiger partial charge in [0.25, 0.3) is 5.56 Å². The summed E-state index contributed by atoms with van der Waals surface area (Å²) in [6, 6.07) is 9.94. The number of hydrogen-bond donors (Lipinski definition) is 2. The molecule has 1 aliphatic rings. The minimum Gasteiger partial charge on any atom is -0.467 e. The lowest BCUT2D eigenvalue weighted by atomic mass is 10.1. The quantitative estimate of drug-likeness (QED) is 0.440. The summed E-state index contributed by atoms with van der Waals surface area (Å²) in [7, 11) is 1.58. The predicted octanol–water partition coefficient (Wildman–Crippen LogP) is 2.97. The van der Waals surface area contributed by atoms with E-state index in [2.05, 4.69) is 32.1 Å². The number of H-pyrrole nitrogens is 2. The zero-order valence-electron chi connectivity index (χ0n) is 16.6. The molecule has 0 amide bonds. The summed E-state index contributed by atoms with van der Waals surface area (Å²) in [5.74, 6) is 1.34. The molecule has 156 valence electrons. The molecule has 0 unspecified atom stereocenters. The van der Waals surface area contributed by atoms with E-state index in [0.29, 0.717) is 39.7 Å². The molecule has 5 aromatic rings. The number of fused-ring (bicyclic) bond motifs is 2. The number of rotatable bonds is 5. The first kappa shape index (κ1) is 18.3. The third-order valence-electron chi connectivity index (χ3n) is 5.59. The average molecular weight is 434 g/mol. The van der Waals surface area contributed by atoms with Gasteiger partial charge in [-0.2, -0.15) is 0 Å². The third-order valence-corrected chi connectivity index (χ3v) is 6.47. The van der Waals surface area contributed by atoms with Crippen LogP contribution < -0.4 is 11.2 Å². The van der Waals surface area contributed by atoms with E-state index in [1.807, 2.05) is 12.1 Å². The van der Waals surface area contributed by atoms with Crippen LogP contribution in [0.3, 0.4) is 0 Å². The standard InChI is InChI=1S/C21H18N6O3S/c1-26-17-16(18(28)25-20(26)29)27(10-13-3-2-8-30-13)21(24-17)31-19-22-14-7-6-12(11-4-5-11)9-15(14)23-19/h2-3,6-9,11H,4-5,10H2,1H3,(H,22,23)(H,25,28,29). The molecule has 1 fully saturated rings. The van der Waals surface area contributed by atoms with Crippen molar-refractivity contribution in [3.63, 3.8) is 0 Å². The van der Waals surface area contributed by atoms with Crippen LogP contribution in [0.25, 0.3) is 22.2 Å². The molecule has 4 heterocycles. The van der Waals surface area contributed by atoms with E-state index in [9.17, 15) is 9.59 Å². The Balaban J connectivity index is 1.47. The predicted molar refractivity (Wildman–Crippen MR) is 116 cm³/mol. The molecule has 0 aliphatic heterocycles. The van der Waals surface area contributed by atoms with Crippen molar-refractivity contribution in [2.24, 2.45) is 7.05 Å². The Bertz CT molecular complexity index is 1550. The van der Waals surface area contributed by atoms with Crippen molar-refractivity contribution in [2.45, 2.75) is 35.6 Å². The van der Waals surface area contributed by atoms with Crippen LogP contribution in [-0.2, 0) is 13.6 Å². The van der Waals surface area contributed by atoms with Crippen LogP contribution in [0.1, 0.15) is 30.1 Å². The largest absolute Gasteiger partial charge is 0.467 e. The van der Waals surface area contributed by atoms with E-state index in [0.717, 1.165) is 11.0 Å². The van der Waals surface area contributed by atoms with Crippen LogP contribution in [0, 0.1) is 0 Å². The van der Waals surface area contributed by atoms with E-state index < -0.39 is 11.2 Å². The fraction of sp³-hybridized carbons (Fsp3) is 0.238. The normalized spacial score (nSPS) is 14.1. The number of aryl methyl sites for hydroxylation is 1. The number of hydrogen-bond acceptors (Lipinski definition) is 6. The van der Waals surface area contributed by atoms with Crippen molar-refractivity contribution in [2.75, 3.05) is 0 Å². The van der Waals surface area contributed by atoms with Crippen molar-refractivity contribution in [1.29, 1.82) is 0 Å². The highest BCUT2D eigenvalue weighted by molar-refractivity contribution is 7.99. The minimum absolute atomic E-state index is 0.305. The van der Waals surface area contributed by atoms with Crippen LogP contribution >= 0.6 is 11.8 Å². The Morgan fingerprint density at radius 2 is 2.06 bits per heavy atom. The molecule has 0 saturated heterocycles. The van der Waals surface area contributed by atoms with Crippen LogP contribution in [-0.4, -0.2) is 29.1 Å². The number of nitrogens with zero attached hydrogens (tertiary/aromatic N) is 4. The molecule has 0 bridgehead atoms. The van der Waals surface area contributed by atoms with Crippen molar-refractivity contribution < 1.29 is 4.42 Å². The first-order valence-electron chi connectivity index (χ1n) is 9.96. The second-order valence-corrected chi connectivity index (χ2v) is 8.70. The fourth-order valence-electron chi connectivity index (χ4n) is 3.81. The average Bonchev–Trinajstić information content (AvgIpc) is 3.16. The Labute approximate surface area is 179 Å². The summed E-state index contributed by atoms with van der Waals surface area (Å²) in [5, 5.41) is 1.21. The van der Waals surface area contributed by atoms with Gasteiger partial charge in [-0.3, -0.25) is 14.3 Å². The molecular weight excluding hydrogens is 416 g/mol. The van der Waals surface area contributed by atoms with Crippen LogP contribution in [0.5, 0.6) is 0 Å². The van der Waals surface area contributed by atoms with Crippen LogP contribution in [0.4, 0.5) is 0 Å². The number of benzene rings is 1. The SMILES string of the molecule is Cn1c(=O)[nH]c(=O)c2c1nc(Sc1nc3ccc(C4CC4)cc3[nH]1)n2Cc1ccco1. The molecule has 31 heavy (non-hydrogen) atoms. The van der Waals surface area contributed by atoms with E-state index in [1.54, 1.807) is 23.9 Å². The Morgan fingerprint density at radius 3 is 2.84 bits per heavy atom. The van der Waals surface area contributed by atoms with Crippen LogP contribution in [0.15, 0.2) is 60.9 Å². The molecule has 4 aromatic heterocycles. The van der Waals surface area contributed by atoms with Gasteiger partial charge in [-0.05, 0) is 60.4 Å². The molecule has 9 nitrogen and oxygen atoms in total. The van der Waals surface area contributed by atoms with Gasteiger partial charge in [0.2, 0.25) is 0 Å². The molecule has 1 saturated carbocycles. The van der Waals surface area contributed by atoms with E-state index in [-0.39, 0.29) is 0 Å². The maximum absolute atomic E-state index is 12.6. The summed E-state index contributed by atoms with van der Waals surface area (Å²) >= 11 is 1.32. The lowest BCUT2D eigenvalue weighted by Gasteiger charge is -2.05. The third kappa shape index (κ3) is 3.10. The Kier molecular flexibility index (Phi) is 3.97. The second-order valence-electron chi connectivity index (χ2n) is 7.75. The van der Waals surface area contributed by atoms with Gasteiger partial charge in [0, 0.05) is 7.05 Å². The molecule has 1 aromatic carbocycles. The second kappa shape index (κ2) is 6.74. The topological polar surface area (TPSA) is 115 Å².